The van der Waals surface area contributed by atoms with E-state index in [-0.39, 0.29) is 23.8 Å². The van der Waals surface area contributed by atoms with Crippen LogP contribution in [-0.4, -0.2) is 22.4 Å². The monoisotopic (exact) mass is 301 g/mol. The Kier molecular flexibility index (Phi) is 3.64. The lowest BCUT2D eigenvalue weighted by Crippen LogP contribution is -2.18. The average molecular weight is 301 g/mol. The molecule has 0 aliphatic carbocycles. The molecule has 0 N–H and O–H groups in total. The van der Waals surface area contributed by atoms with Gasteiger partial charge in [-0.15, -0.1) is 0 Å². The highest BCUT2D eigenvalue weighted by Crippen LogP contribution is 2.32. The molecule has 0 radical (unpaired) electrons. The van der Waals surface area contributed by atoms with E-state index in [0.29, 0.717) is 24.4 Å². The van der Waals surface area contributed by atoms with E-state index in [4.69, 9.17) is 9.15 Å². The van der Waals surface area contributed by atoms with E-state index in [9.17, 15) is 9.59 Å². The van der Waals surface area contributed by atoms with Gasteiger partial charge in [-0.25, -0.2) is 0 Å². The fourth-order valence-electron chi connectivity index (χ4n) is 2.87. The highest BCUT2D eigenvalue weighted by atomic mass is 16.5. The summed E-state index contributed by atoms with van der Waals surface area (Å²) in [5.41, 5.74) is 2.32. The lowest BCUT2D eigenvalue weighted by Gasteiger charge is -2.12. The maximum Gasteiger partial charge on any atom is 0.315 e. The van der Waals surface area contributed by atoms with Gasteiger partial charge in [-0.2, -0.15) is 0 Å². The second-order valence-corrected chi connectivity index (χ2v) is 5.94. The molecule has 2 aromatic heterocycles. The van der Waals surface area contributed by atoms with Crippen LogP contribution in [0.1, 0.15) is 53.7 Å². The van der Waals surface area contributed by atoms with Crippen LogP contribution < -0.4 is 0 Å². The molecule has 3 heterocycles. The van der Waals surface area contributed by atoms with Crippen LogP contribution in [-0.2, 0) is 16.1 Å². The predicted molar refractivity (Wildman–Crippen MR) is 79.9 cm³/mol. The van der Waals surface area contributed by atoms with E-state index >= 15 is 0 Å². The zero-order chi connectivity index (χ0) is 15.9. The molecule has 1 aliphatic rings. The smallest absolute Gasteiger partial charge is 0.315 e. The van der Waals surface area contributed by atoms with Crippen LogP contribution in [0.15, 0.2) is 28.9 Å². The summed E-state index contributed by atoms with van der Waals surface area (Å²) >= 11 is 0. The number of carbonyl (C=O) groups excluding carboxylic acids is 2. The van der Waals surface area contributed by atoms with Gasteiger partial charge in [-0.3, -0.25) is 9.59 Å². The second-order valence-electron chi connectivity index (χ2n) is 5.94. The summed E-state index contributed by atoms with van der Waals surface area (Å²) in [5.74, 6) is -0.342. The van der Waals surface area contributed by atoms with Gasteiger partial charge >= 0.3 is 5.97 Å². The summed E-state index contributed by atoms with van der Waals surface area (Å²) in [5, 5.41) is 0. The first-order valence-corrected chi connectivity index (χ1v) is 7.47. The van der Waals surface area contributed by atoms with E-state index in [1.165, 1.54) is 0 Å². The summed E-state index contributed by atoms with van der Waals surface area (Å²) in [7, 11) is 0. The molecule has 0 bridgehead atoms. The molecule has 22 heavy (non-hydrogen) atoms. The van der Waals surface area contributed by atoms with Crippen LogP contribution in [0, 0.1) is 6.92 Å². The highest BCUT2D eigenvalue weighted by Gasteiger charge is 2.33. The Hall–Kier alpha value is -2.30. The number of nitrogens with zero attached hydrogens (tertiary/aromatic N) is 1. The molecule has 1 unspecified atom stereocenters. The average Bonchev–Trinajstić information content (AvgIpc) is 3.11. The minimum atomic E-state index is -0.290. The van der Waals surface area contributed by atoms with E-state index in [2.05, 4.69) is 0 Å². The topological polar surface area (TPSA) is 61.4 Å². The Morgan fingerprint density at radius 2 is 2.14 bits per heavy atom. The fourth-order valence-corrected chi connectivity index (χ4v) is 2.87. The standard InChI is InChI=1S/C17H19NO4/c1-10(2)22-17(20)12-6-7-18-13(12)4-5-14(18)16(19)15-8-11(3)9-21-15/h4-5,8-10,12H,6-7H2,1-3H3. The first-order valence-electron chi connectivity index (χ1n) is 7.47. The molecule has 0 saturated carbocycles. The first kappa shape index (κ1) is 14.6. The molecule has 116 valence electrons. The number of ketones is 1. The Balaban J connectivity index is 1.87. The number of furan rings is 1. The maximum atomic E-state index is 12.5. The van der Waals surface area contributed by atoms with Gasteiger partial charge in [-0.1, -0.05) is 0 Å². The van der Waals surface area contributed by atoms with Crippen molar-refractivity contribution < 1.29 is 18.7 Å². The molecule has 5 heteroatoms. The molecular formula is C17H19NO4. The van der Waals surface area contributed by atoms with Crippen LogP contribution in [0.3, 0.4) is 0 Å². The number of hydrogen-bond acceptors (Lipinski definition) is 4. The number of rotatable bonds is 4. The van der Waals surface area contributed by atoms with E-state index < -0.39 is 0 Å². The number of esters is 1. The van der Waals surface area contributed by atoms with E-state index in [1.54, 1.807) is 18.4 Å². The van der Waals surface area contributed by atoms with Crippen LogP contribution in [0.25, 0.3) is 0 Å². The number of carbonyl (C=O) groups is 2. The van der Waals surface area contributed by atoms with Crippen molar-refractivity contribution in [3.63, 3.8) is 0 Å². The molecular weight excluding hydrogens is 282 g/mol. The van der Waals surface area contributed by atoms with E-state index in [0.717, 1.165) is 11.3 Å². The van der Waals surface area contributed by atoms with Crippen molar-refractivity contribution in [3.05, 3.63) is 47.2 Å². The summed E-state index contributed by atoms with van der Waals surface area (Å²) in [6.45, 7) is 6.18. The minimum Gasteiger partial charge on any atom is -0.462 e. The van der Waals surface area contributed by atoms with Gasteiger partial charge in [0.15, 0.2) is 5.76 Å². The molecule has 2 aromatic rings. The molecule has 0 saturated heterocycles. The van der Waals surface area contributed by atoms with Crippen LogP contribution in [0.2, 0.25) is 0 Å². The maximum absolute atomic E-state index is 12.5. The normalized spacial score (nSPS) is 16.8. The second kappa shape index (κ2) is 5.48. The van der Waals surface area contributed by atoms with Gasteiger partial charge < -0.3 is 13.7 Å². The SMILES string of the molecule is Cc1coc(C(=O)c2ccc3n2CCC3C(=O)OC(C)C)c1. The molecule has 0 aromatic carbocycles. The molecule has 0 fully saturated rings. The predicted octanol–water partition coefficient (Wildman–Crippen LogP) is 3.06. The van der Waals surface area contributed by atoms with Gasteiger partial charge in [-0.05, 0) is 51.0 Å². The van der Waals surface area contributed by atoms with Crippen LogP contribution in [0.4, 0.5) is 0 Å². The first-order chi connectivity index (χ1) is 10.5. The number of hydrogen-bond donors (Lipinski definition) is 0. The van der Waals surface area contributed by atoms with Crippen LogP contribution in [0.5, 0.6) is 0 Å². The molecule has 0 spiro atoms. The lowest BCUT2D eigenvalue weighted by atomic mass is 10.1. The Morgan fingerprint density at radius 1 is 1.36 bits per heavy atom. The third-order valence-electron chi connectivity index (χ3n) is 3.84. The lowest BCUT2D eigenvalue weighted by molar-refractivity contribution is -0.149. The third kappa shape index (κ3) is 2.47. The molecule has 1 aliphatic heterocycles. The van der Waals surface area contributed by atoms with Crippen molar-refractivity contribution in [2.24, 2.45) is 0 Å². The number of fused-ring (bicyclic) bond motifs is 1. The summed E-state index contributed by atoms with van der Waals surface area (Å²) in [6, 6.07) is 5.31. The molecule has 1 atom stereocenters. The minimum absolute atomic E-state index is 0.135. The van der Waals surface area contributed by atoms with E-state index in [1.807, 2.05) is 31.4 Å². The van der Waals surface area contributed by atoms with Crippen molar-refractivity contribution in [1.29, 1.82) is 0 Å². The van der Waals surface area contributed by atoms with Crippen molar-refractivity contribution in [2.75, 3.05) is 0 Å². The number of aromatic nitrogens is 1. The number of aryl methyl sites for hydroxylation is 1. The Bertz CT molecular complexity index is 723. The molecule has 0 amide bonds. The largest absolute Gasteiger partial charge is 0.462 e. The zero-order valence-electron chi connectivity index (χ0n) is 13.0. The number of ether oxygens (including phenoxy) is 1. The molecule has 5 nitrogen and oxygen atoms in total. The van der Waals surface area contributed by atoms with Crippen molar-refractivity contribution in [3.8, 4) is 0 Å². The van der Waals surface area contributed by atoms with Crippen molar-refractivity contribution in [2.45, 2.75) is 45.8 Å². The van der Waals surface area contributed by atoms with Crippen molar-refractivity contribution >= 4 is 11.8 Å². The zero-order valence-corrected chi connectivity index (χ0v) is 13.0. The van der Waals surface area contributed by atoms with Gasteiger partial charge in [0.2, 0.25) is 5.78 Å². The van der Waals surface area contributed by atoms with Gasteiger partial charge in [0.1, 0.15) is 0 Å². The molecule has 3 rings (SSSR count). The summed E-state index contributed by atoms with van der Waals surface area (Å²) in [6.07, 6.45) is 2.09. The van der Waals surface area contributed by atoms with Gasteiger partial charge in [0, 0.05) is 12.2 Å². The highest BCUT2D eigenvalue weighted by molar-refractivity contribution is 6.06. The fraction of sp³-hybridized carbons (Fsp3) is 0.412. The van der Waals surface area contributed by atoms with Crippen molar-refractivity contribution in [1.82, 2.24) is 4.57 Å². The third-order valence-corrected chi connectivity index (χ3v) is 3.84. The van der Waals surface area contributed by atoms with Gasteiger partial charge in [0.05, 0.1) is 24.0 Å². The van der Waals surface area contributed by atoms with Crippen LogP contribution >= 0.6 is 0 Å². The Morgan fingerprint density at radius 3 is 2.77 bits per heavy atom. The Labute approximate surface area is 128 Å². The van der Waals surface area contributed by atoms with Gasteiger partial charge in [0.25, 0.3) is 0 Å². The quantitative estimate of drug-likeness (QED) is 0.643. The summed E-state index contributed by atoms with van der Waals surface area (Å²) < 4.78 is 12.5. The summed E-state index contributed by atoms with van der Waals surface area (Å²) in [4.78, 5) is 24.6.